The van der Waals surface area contributed by atoms with Gasteiger partial charge in [-0.1, -0.05) is 12.1 Å². The van der Waals surface area contributed by atoms with Crippen molar-refractivity contribution >= 4 is 11.7 Å². The van der Waals surface area contributed by atoms with E-state index in [0.29, 0.717) is 0 Å². The molecule has 0 aromatic heterocycles. The topological polar surface area (TPSA) is 119 Å². The van der Waals surface area contributed by atoms with Crippen molar-refractivity contribution in [3.63, 3.8) is 0 Å². The average molecular weight is 269 g/mol. The summed E-state index contributed by atoms with van der Waals surface area (Å²) < 4.78 is 5.15. The summed E-state index contributed by atoms with van der Waals surface area (Å²) in [5.74, 6) is -1.12. The minimum atomic E-state index is -1.36. The Bertz CT molecular complexity index is 465. The first kappa shape index (κ1) is 13.8. The van der Waals surface area contributed by atoms with Crippen molar-refractivity contribution in [2.75, 3.05) is 11.9 Å². The standard InChI is InChI=1S/C12H15NO6/c14-8-5-19-11(10(16)9(8)15)13-7-4-2-1-3-6(7)12(17)18/h1-4,8-11,13-16H,5H2,(H,17,18)/t8-,9+,10+,11+/m0/s1. The summed E-state index contributed by atoms with van der Waals surface area (Å²) in [7, 11) is 0. The molecule has 19 heavy (non-hydrogen) atoms. The zero-order valence-corrected chi connectivity index (χ0v) is 9.93. The number of hydrogen-bond donors (Lipinski definition) is 5. The van der Waals surface area contributed by atoms with Gasteiger partial charge in [0.1, 0.15) is 18.3 Å². The Kier molecular flexibility index (Phi) is 4.01. The van der Waals surface area contributed by atoms with Crippen molar-refractivity contribution in [2.24, 2.45) is 0 Å². The van der Waals surface area contributed by atoms with E-state index in [-0.39, 0.29) is 17.9 Å². The largest absolute Gasteiger partial charge is 0.478 e. The highest BCUT2D eigenvalue weighted by atomic mass is 16.5. The maximum Gasteiger partial charge on any atom is 0.337 e. The first-order chi connectivity index (χ1) is 9.00. The van der Waals surface area contributed by atoms with Gasteiger partial charge in [0.15, 0.2) is 6.23 Å². The molecule has 7 heteroatoms. The molecule has 0 bridgehead atoms. The highest BCUT2D eigenvalue weighted by Gasteiger charge is 2.37. The number of para-hydroxylation sites is 1. The molecule has 1 saturated heterocycles. The van der Waals surface area contributed by atoms with Crippen LogP contribution >= 0.6 is 0 Å². The lowest BCUT2D eigenvalue weighted by Crippen LogP contribution is -2.55. The van der Waals surface area contributed by atoms with Crippen LogP contribution < -0.4 is 5.32 Å². The zero-order chi connectivity index (χ0) is 14.0. The van der Waals surface area contributed by atoms with Gasteiger partial charge in [-0.25, -0.2) is 4.79 Å². The molecular formula is C12H15NO6. The number of ether oxygens (including phenoxy) is 1. The monoisotopic (exact) mass is 269 g/mol. The predicted octanol–water partition coefficient (Wildman–Crippen LogP) is -0.764. The SMILES string of the molecule is O=C(O)c1ccccc1N[C@@H]1OC[C@H](O)[C@@H](O)[C@H]1O. The Labute approximate surface area is 109 Å². The summed E-state index contributed by atoms with van der Waals surface area (Å²) in [5.41, 5.74) is 0.293. The van der Waals surface area contributed by atoms with Crippen molar-refractivity contribution in [3.8, 4) is 0 Å². The van der Waals surface area contributed by atoms with E-state index >= 15 is 0 Å². The summed E-state index contributed by atoms with van der Waals surface area (Å²) in [6.45, 7) is -0.148. The van der Waals surface area contributed by atoms with Gasteiger partial charge in [0.05, 0.1) is 17.9 Å². The van der Waals surface area contributed by atoms with Crippen LogP contribution in [0.25, 0.3) is 0 Å². The number of hydrogen-bond acceptors (Lipinski definition) is 6. The van der Waals surface area contributed by atoms with Crippen molar-refractivity contribution in [1.29, 1.82) is 0 Å². The van der Waals surface area contributed by atoms with Crippen molar-refractivity contribution in [2.45, 2.75) is 24.5 Å². The van der Waals surface area contributed by atoms with E-state index in [1.165, 1.54) is 12.1 Å². The number of rotatable bonds is 3. The summed E-state index contributed by atoms with van der Waals surface area (Å²) in [5, 5.41) is 40.3. The van der Waals surface area contributed by atoms with E-state index in [1.54, 1.807) is 12.1 Å². The van der Waals surface area contributed by atoms with Crippen LogP contribution in [0.2, 0.25) is 0 Å². The van der Waals surface area contributed by atoms with E-state index < -0.39 is 30.5 Å². The van der Waals surface area contributed by atoms with Crippen LogP contribution in [0.4, 0.5) is 5.69 Å². The molecule has 1 aromatic rings. The van der Waals surface area contributed by atoms with Crippen molar-refractivity contribution < 1.29 is 30.0 Å². The Hall–Kier alpha value is -1.67. The van der Waals surface area contributed by atoms with Gasteiger partial charge in [-0.05, 0) is 12.1 Å². The summed E-state index contributed by atoms with van der Waals surface area (Å²) >= 11 is 0. The molecular weight excluding hydrogens is 254 g/mol. The molecule has 0 radical (unpaired) electrons. The van der Waals surface area contributed by atoms with Crippen LogP contribution in [0, 0.1) is 0 Å². The Balaban J connectivity index is 2.15. The molecule has 0 aliphatic carbocycles. The first-order valence-corrected chi connectivity index (χ1v) is 5.75. The summed E-state index contributed by atoms with van der Waals surface area (Å²) in [4.78, 5) is 11.0. The number of aliphatic hydroxyl groups excluding tert-OH is 3. The van der Waals surface area contributed by atoms with Crippen molar-refractivity contribution in [1.82, 2.24) is 0 Å². The molecule has 0 amide bonds. The van der Waals surface area contributed by atoms with E-state index in [2.05, 4.69) is 5.32 Å². The molecule has 4 atom stereocenters. The molecule has 0 saturated carbocycles. The second-order valence-electron chi connectivity index (χ2n) is 4.30. The van der Waals surface area contributed by atoms with E-state index in [4.69, 9.17) is 9.84 Å². The molecule has 104 valence electrons. The number of carboxylic acids is 1. The smallest absolute Gasteiger partial charge is 0.337 e. The van der Waals surface area contributed by atoms with Gasteiger partial charge < -0.3 is 30.5 Å². The fourth-order valence-corrected chi connectivity index (χ4v) is 1.88. The van der Waals surface area contributed by atoms with Gasteiger partial charge >= 0.3 is 5.97 Å². The predicted molar refractivity (Wildman–Crippen MR) is 64.8 cm³/mol. The number of aliphatic hydroxyl groups is 3. The highest BCUT2D eigenvalue weighted by molar-refractivity contribution is 5.94. The lowest BCUT2D eigenvalue weighted by molar-refractivity contribution is -0.178. The Morgan fingerprint density at radius 3 is 2.58 bits per heavy atom. The molecule has 7 nitrogen and oxygen atoms in total. The van der Waals surface area contributed by atoms with Gasteiger partial charge in [-0.3, -0.25) is 0 Å². The third-order valence-corrected chi connectivity index (χ3v) is 2.96. The third kappa shape index (κ3) is 2.85. The number of aromatic carboxylic acids is 1. The second-order valence-corrected chi connectivity index (χ2v) is 4.30. The second kappa shape index (κ2) is 5.54. The summed E-state index contributed by atoms with van der Waals surface area (Å²) in [6.07, 6.45) is -4.85. The first-order valence-electron chi connectivity index (χ1n) is 5.75. The van der Waals surface area contributed by atoms with Crippen LogP contribution in [0.5, 0.6) is 0 Å². The molecule has 1 aliphatic heterocycles. The number of carboxylic acid groups (broad SMARTS) is 1. The van der Waals surface area contributed by atoms with Gasteiger partial charge in [0.2, 0.25) is 0 Å². The minimum absolute atomic E-state index is 0.0268. The average Bonchev–Trinajstić information content (AvgIpc) is 2.40. The number of carbonyl (C=O) groups is 1. The molecule has 1 heterocycles. The minimum Gasteiger partial charge on any atom is -0.478 e. The molecule has 1 aromatic carbocycles. The van der Waals surface area contributed by atoms with Crippen LogP contribution in [0.15, 0.2) is 24.3 Å². The Morgan fingerprint density at radius 2 is 1.89 bits per heavy atom. The fourth-order valence-electron chi connectivity index (χ4n) is 1.88. The molecule has 0 spiro atoms. The number of nitrogens with one attached hydrogen (secondary N) is 1. The lowest BCUT2D eigenvalue weighted by atomic mass is 10.0. The molecule has 2 rings (SSSR count). The van der Waals surface area contributed by atoms with Gasteiger partial charge in [-0.2, -0.15) is 0 Å². The Morgan fingerprint density at radius 1 is 1.21 bits per heavy atom. The normalized spacial score (nSPS) is 30.9. The summed E-state index contributed by atoms with van der Waals surface area (Å²) in [6, 6.07) is 6.14. The van der Waals surface area contributed by atoms with Crippen LogP contribution in [-0.4, -0.2) is 57.5 Å². The van der Waals surface area contributed by atoms with Crippen LogP contribution in [-0.2, 0) is 4.74 Å². The van der Waals surface area contributed by atoms with Crippen molar-refractivity contribution in [3.05, 3.63) is 29.8 Å². The van der Waals surface area contributed by atoms with Crippen LogP contribution in [0.3, 0.4) is 0 Å². The van der Waals surface area contributed by atoms with E-state index in [1.807, 2.05) is 0 Å². The van der Waals surface area contributed by atoms with Gasteiger partial charge in [0, 0.05) is 0 Å². The molecule has 1 aliphatic rings. The lowest BCUT2D eigenvalue weighted by Gasteiger charge is -2.36. The fraction of sp³-hybridized carbons (Fsp3) is 0.417. The number of anilines is 1. The third-order valence-electron chi connectivity index (χ3n) is 2.96. The number of benzene rings is 1. The zero-order valence-electron chi connectivity index (χ0n) is 9.93. The van der Waals surface area contributed by atoms with E-state index in [9.17, 15) is 20.1 Å². The van der Waals surface area contributed by atoms with Crippen LogP contribution in [0.1, 0.15) is 10.4 Å². The van der Waals surface area contributed by atoms with E-state index in [0.717, 1.165) is 0 Å². The maximum atomic E-state index is 11.0. The molecule has 0 unspecified atom stereocenters. The van der Waals surface area contributed by atoms with Gasteiger partial charge in [-0.15, -0.1) is 0 Å². The quantitative estimate of drug-likeness (QED) is 0.489. The van der Waals surface area contributed by atoms with Gasteiger partial charge in [0.25, 0.3) is 0 Å². The highest BCUT2D eigenvalue weighted by Crippen LogP contribution is 2.21. The molecule has 1 fully saturated rings. The maximum absolute atomic E-state index is 11.0. The molecule has 5 N–H and O–H groups in total.